The Hall–Kier alpha value is -3.42. The number of benzene rings is 5. The van der Waals surface area contributed by atoms with E-state index in [2.05, 4.69) is 122 Å². The maximum atomic E-state index is 2.51. The molecule has 0 bridgehead atoms. The third kappa shape index (κ3) is 2.27. The van der Waals surface area contributed by atoms with Crippen molar-refractivity contribution in [2.24, 2.45) is 0 Å². The smallest absolute Gasteiger partial charge is 0.0623 e. The topological polar surface area (TPSA) is 0 Å². The molecule has 0 unspecified atom stereocenters. The van der Waals surface area contributed by atoms with E-state index in [1.54, 1.807) is 0 Å². The van der Waals surface area contributed by atoms with E-state index >= 15 is 0 Å². The second-order valence-electron chi connectivity index (χ2n) is 8.22. The summed E-state index contributed by atoms with van der Waals surface area (Å²) in [4.78, 5) is 0. The molecule has 0 amide bonds. The van der Waals surface area contributed by atoms with Crippen molar-refractivity contribution in [2.45, 2.75) is 6.92 Å². The summed E-state index contributed by atoms with van der Waals surface area (Å²) in [7, 11) is -2.37. The van der Waals surface area contributed by atoms with Gasteiger partial charge in [0.25, 0.3) is 0 Å². The summed E-state index contributed by atoms with van der Waals surface area (Å²) < 4.78 is 0. The zero-order valence-electron chi connectivity index (χ0n) is 17.0. The molecule has 6 rings (SSSR count). The van der Waals surface area contributed by atoms with Crippen LogP contribution in [-0.4, -0.2) is 8.07 Å². The maximum Gasteiger partial charge on any atom is 0.180 e. The lowest BCUT2D eigenvalue weighted by Gasteiger charge is -2.31. The first-order valence-corrected chi connectivity index (χ1v) is 12.5. The maximum absolute atomic E-state index is 2.51. The molecule has 5 aromatic carbocycles. The molecule has 30 heavy (non-hydrogen) atoms. The summed E-state index contributed by atoms with van der Waals surface area (Å²) in [6, 6.07) is 43.1. The molecule has 1 heteroatoms. The predicted octanol–water partition coefficient (Wildman–Crippen LogP) is 4.51. The van der Waals surface area contributed by atoms with Gasteiger partial charge in [-0.25, -0.2) is 0 Å². The fraction of sp³-hybridized carbons (Fsp3) is 0.0345. The van der Waals surface area contributed by atoms with Crippen molar-refractivity contribution in [1.29, 1.82) is 0 Å². The van der Waals surface area contributed by atoms with Gasteiger partial charge < -0.3 is 0 Å². The highest BCUT2D eigenvalue weighted by Crippen LogP contribution is 2.32. The van der Waals surface area contributed by atoms with Gasteiger partial charge in [0.05, 0.1) is 0 Å². The number of aryl methyl sites for hydroxylation is 1. The number of rotatable bonds is 2. The fourth-order valence-electron chi connectivity index (χ4n) is 5.37. The Labute approximate surface area is 178 Å². The first kappa shape index (κ1) is 17.4. The minimum absolute atomic E-state index is 1.33. The number of fused-ring (bicyclic) bond motifs is 4. The van der Waals surface area contributed by atoms with Crippen LogP contribution in [0.1, 0.15) is 5.56 Å². The minimum atomic E-state index is -2.37. The number of hydrogen-bond donors (Lipinski definition) is 0. The Morgan fingerprint density at radius 3 is 1.83 bits per heavy atom. The van der Waals surface area contributed by atoms with Crippen LogP contribution in [0.5, 0.6) is 0 Å². The molecule has 0 radical (unpaired) electrons. The van der Waals surface area contributed by atoms with Crippen LogP contribution in [0.25, 0.3) is 21.9 Å². The fourth-order valence-corrected chi connectivity index (χ4v) is 10.6. The lowest BCUT2D eigenvalue weighted by atomic mass is 9.99. The lowest BCUT2D eigenvalue weighted by molar-refractivity contribution is 1.54. The van der Waals surface area contributed by atoms with Crippen LogP contribution in [0.3, 0.4) is 0 Å². The molecular formula is C29H22Si. The molecule has 0 N–H and O–H groups in total. The van der Waals surface area contributed by atoms with Crippen molar-refractivity contribution in [3.8, 4) is 11.1 Å². The van der Waals surface area contributed by atoms with E-state index in [-0.39, 0.29) is 0 Å². The van der Waals surface area contributed by atoms with E-state index < -0.39 is 8.07 Å². The third-order valence-corrected chi connectivity index (χ3v) is 11.5. The SMILES string of the molecule is Cc1cccc2cc3c(cc12)[Si](c1ccccc1)(c1ccccc1)c1ccccc1-3. The molecule has 1 aliphatic rings. The van der Waals surface area contributed by atoms with Gasteiger partial charge in [-0.2, -0.15) is 0 Å². The highest BCUT2D eigenvalue weighted by molar-refractivity contribution is 7.22. The van der Waals surface area contributed by atoms with Crippen molar-refractivity contribution >= 4 is 39.6 Å². The van der Waals surface area contributed by atoms with E-state index in [9.17, 15) is 0 Å². The molecule has 0 fully saturated rings. The van der Waals surface area contributed by atoms with E-state index in [4.69, 9.17) is 0 Å². The lowest BCUT2D eigenvalue weighted by Crippen LogP contribution is -2.72. The van der Waals surface area contributed by atoms with Gasteiger partial charge in [0, 0.05) is 0 Å². The van der Waals surface area contributed by atoms with Crippen LogP contribution in [0.2, 0.25) is 0 Å². The summed E-state index contributed by atoms with van der Waals surface area (Å²) in [5.74, 6) is 0. The van der Waals surface area contributed by atoms with Crippen molar-refractivity contribution in [1.82, 2.24) is 0 Å². The zero-order chi connectivity index (χ0) is 20.1. The van der Waals surface area contributed by atoms with Gasteiger partial charge in [-0.05, 0) is 61.2 Å². The molecule has 142 valence electrons. The average Bonchev–Trinajstić information content (AvgIpc) is 3.10. The van der Waals surface area contributed by atoms with Gasteiger partial charge in [-0.15, -0.1) is 0 Å². The molecule has 1 heterocycles. The van der Waals surface area contributed by atoms with Gasteiger partial charge in [0.2, 0.25) is 0 Å². The molecular weight excluding hydrogens is 376 g/mol. The monoisotopic (exact) mass is 398 g/mol. The molecule has 0 spiro atoms. The van der Waals surface area contributed by atoms with E-state index in [0.29, 0.717) is 0 Å². The molecule has 0 saturated heterocycles. The van der Waals surface area contributed by atoms with Gasteiger partial charge in [-0.1, -0.05) is 109 Å². The van der Waals surface area contributed by atoms with Crippen LogP contribution in [0.15, 0.2) is 115 Å². The largest absolute Gasteiger partial charge is 0.180 e. The van der Waals surface area contributed by atoms with Gasteiger partial charge in [-0.3, -0.25) is 0 Å². The summed E-state index contributed by atoms with van der Waals surface area (Å²) in [5.41, 5.74) is 4.15. The number of hydrogen-bond acceptors (Lipinski definition) is 0. The van der Waals surface area contributed by atoms with Crippen LogP contribution in [0, 0.1) is 6.92 Å². The van der Waals surface area contributed by atoms with E-state index in [0.717, 1.165) is 0 Å². The summed E-state index contributed by atoms with van der Waals surface area (Å²) >= 11 is 0. The van der Waals surface area contributed by atoms with Gasteiger partial charge in [0.1, 0.15) is 0 Å². The van der Waals surface area contributed by atoms with Crippen molar-refractivity contribution in [3.05, 3.63) is 121 Å². The van der Waals surface area contributed by atoms with Crippen LogP contribution in [-0.2, 0) is 0 Å². The molecule has 0 saturated carbocycles. The Bertz CT molecular complexity index is 1350. The molecule has 1 aliphatic heterocycles. The third-order valence-electron chi connectivity index (χ3n) is 6.68. The second kappa shape index (κ2) is 6.55. The van der Waals surface area contributed by atoms with Crippen LogP contribution in [0.4, 0.5) is 0 Å². The molecule has 0 nitrogen and oxygen atoms in total. The quantitative estimate of drug-likeness (QED) is 0.377. The van der Waals surface area contributed by atoms with Crippen molar-refractivity contribution in [2.75, 3.05) is 0 Å². The van der Waals surface area contributed by atoms with Crippen molar-refractivity contribution in [3.63, 3.8) is 0 Å². The van der Waals surface area contributed by atoms with Crippen molar-refractivity contribution < 1.29 is 0 Å². The minimum Gasteiger partial charge on any atom is -0.0623 e. The van der Waals surface area contributed by atoms with E-state index in [1.165, 1.54) is 48.2 Å². The Morgan fingerprint density at radius 2 is 1.13 bits per heavy atom. The predicted molar refractivity (Wildman–Crippen MR) is 131 cm³/mol. The Kier molecular flexibility index (Phi) is 3.81. The molecule has 5 aromatic rings. The second-order valence-corrected chi connectivity index (χ2v) is 12.0. The van der Waals surface area contributed by atoms with Gasteiger partial charge in [0.15, 0.2) is 8.07 Å². The van der Waals surface area contributed by atoms with Crippen LogP contribution < -0.4 is 20.7 Å². The summed E-state index contributed by atoms with van der Waals surface area (Å²) in [5, 5.41) is 8.63. The van der Waals surface area contributed by atoms with Crippen LogP contribution >= 0.6 is 0 Å². The first-order valence-electron chi connectivity index (χ1n) is 10.5. The molecule has 0 atom stereocenters. The Morgan fingerprint density at radius 1 is 0.500 bits per heavy atom. The zero-order valence-corrected chi connectivity index (χ0v) is 18.0. The van der Waals surface area contributed by atoms with Gasteiger partial charge >= 0.3 is 0 Å². The normalized spacial score (nSPS) is 13.8. The average molecular weight is 399 g/mol. The standard InChI is InChI=1S/C29H22Si/c1-21-11-10-12-22-19-27-25-17-8-9-18-28(25)30(29(27)20-26(21)22,23-13-4-2-5-14-23)24-15-6-3-7-16-24/h2-20H,1H3. The summed E-state index contributed by atoms with van der Waals surface area (Å²) in [6.07, 6.45) is 0. The van der Waals surface area contributed by atoms with E-state index in [1.807, 2.05) is 0 Å². The molecule has 0 aliphatic carbocycles. The first-order chi connectivity index (χ1) is 14.8. The highest BCUT2D eigenvalue weighted by atomic mass is 28.3. The summed E-state index contributed by atoms with van der Waals surface area (Å²) in [6.45, 7) is 2.23. The highest BCUT2D eigenvalue weighted by Gasteiger charge is 2.48. The molecule has 0 aromatic heterocycles. The Balaban J connectivity index is 1.84.